The lowest BCUT2D eigenvalue weighted by Gasteiger charge is -2.26. The van der Waals surface area contributed by atoms with E-state index in [0.29, 0.717) is 10.6 Å². The lowest BCUT2D eigenvalue weighted by molar-refractivity contribution is 0.155. The Morgan fingerprint density at radius 2 is 2.00 bits per heavy atom. The highest BCUT2D eigenvalue weighted by Gasteiger charge is 2.25. The summed E-state index contributed by atoms with van der Waals surface area (Å²) in [4.78, 5) is 11.4. The number of carbonyl (C=O) groups is 1. The van der Waals surface area contributed by atoms with Gasteiger partial charge >= 0.3 is 6.03 Å². The summed E-state index contributed by atoms with van der Waals surface area (Å²) in [6, 6.07) is 4.20. The molecule has 0 saturated carbocycles. The van der Waals surface area contributed by atoms with Crippen LogP contribution >= 0.6 is 11.6 Å². The SMILES string of the molecule is CN1[N]C(c2cc(Cl)ccc2O)=NN(C)C1=O. The first-order valence-corrected chi connectivity index (χ1v) is 5.17. The second-order valence-electron chi connectivity index (χ2n) is 3.51. The van der Waals surface area contributed by atoms with Crippen LogP contribution in [-0.4, -0.2) is 41.1 Å². The van der Waals surface area contributed by atoms with Crippen LogP contribution in [0.4, 0.5) is 4.79 Å². The third-order valence-electron chi connectivity index (χ3n) is 2.24. The van der Waals surface area contributed by atoms with Crippen molar-refractivity contribution < 1.29 is 9.90 Å². The number of phenols is 1. The van der Waals surface area contributed by atoms with Crippen molar-refractivity contribution in [1.29, 1.82) is 0 Å². The first-order chi connectivity index (χ1) is 7.99. The molecule has 2 amide bonds. The zero-order valence-corrected chi connectivity index (χ0v) is 10.0. The molecule has 0 saturated heterocycles. The van der Waals surface area contributed by atoms with Gasteiger partial charge in [0, 0.05) is 19.1 Å². The van der Waals surface area contributed by atoms with E-state index in [-0.39, 0.29) is 17.6 Å². The van der Waals surface area contributed by atoms with Crippen molar-refractivity contribution >= 4 is 23.5 Å². The van der Waals surface area contributed by atoms with Crippen LogP contribution in [0.25, 0.3) is 0 Å². The molecule has 1 aliphatic rings. The minimum Gasteiger partial charge on any atom is -0.507 e. The zero-order chi connectivity index (χ0) is 12.6. The molecule has 7 heteroatoms. The molecule has 0 atom stereocenters. The van der Waals surface area contributed by atoms with Gasteiger partial charge in [-0.25, -0.2) is 14.8 Å². The third-order valence-corrected chi connectivity index (χ3v) is 2.48. The number of halogens is 1. The number of phenolic OH excluding ortho intramolecular Hbond substituents is 1. The summed E-state index contributed by atoms with van der Waals surface area (Å²) in [7, 11) is 3.02. The molecule has 1 radical (unpaired) electrons. The number of amidine groups is 1. The fourth-order valence-corrected chi connectivity index (χ4v) is 1.57. The molecule has 1 aromatic carbocycles. The minimum atomic E-state index is -0.352. The van der Waals surface area contributed by atoms with Crippen LogP contribution in [0.5, 0.6) is 5.75 Å². The third kappa shape index (κ3) is 2.12. The second-order valence-corrected chi connectivity index (χ2v) is 3.95. The van der Waals surface area contributed by atoms with E-state index in [1.165, 1.54) is 26.2 Å². The molecule has 0 spiro atoms. The lowest BCUT2D eigenvalue weighted by Crippen LogP contribution is -2.48. The highest BCUT2D eigenvalue weighted by Crippen LogP contribution is 2.23. The lowest BCUT2D eigenvalue weighted by atomic mass is 10.2. The molecule has 0 aliphatic carbocycles. The summed E-state index contributed by atoms with van der Waals surface area (Å²) in [5.74, 6) is 0.239. The summed E-state index contributed by atoms with van der Waals surface area (Å²) in [5, 5.41) is 16.4. The number of nitrogens with zero attached hydrogens (tertiary/aromatic N) is 4. The molecule has 1 aromatic rings. The topological polar surface area (TPSA) is 70.2 Å². The monoisotopic (exact) mass is 253 g/mol. The van der Waals surface area contributed by atoms with E-state index in [1.54, 1.807) is 6.07 Å². The summed E-state index contributed by atoms with van der Waals surface area (Å²) in [5.41, 5.74) is 4.34. The molecule has 1 aliphatic heterocycles. The minimum absolute atomic E-state index is 0.00745. The van der Waals surface area contributed by atoms with E-state index < -0.39 is 0 Å². The fraction of sp³-hybridized carbons (Fsp3) is 0.200. The second kappa shape index (κ2) is 4.14. The quantitative estimate of drug-likeness (QED) is 0.818. The Bertz CT molecular complexity index is 503. The van der Waals surface area contributed by atoms with Gasteiger partial charge in [-0.3, -0.25) is 0 Å². The molecular weight excluding hydrogens is 244 g/mol. The molecule has 17 heavy (non-hydrogen) atoms. The van der Waals surface area contributed by atoms with E-state index in [4.69, 9.17) is 11.6 Å². The Labute approximate surface area is 103 Å². The van der Waals surface area contributed by atoms with Gasteiger partial charge in [-0.05, 0) is 18.2 Å². The van der Waals surface area contributed by atoms with Crippen molar-refractivity contribution in [3.63, 3.8) is 0 Å². The summed E-state index contributed by atoms with van der Waals surface area (Å²) in [6.07, 6.45) is 0. The summed E-state index contributed by atoms with van der Waals surface area (Å²) < 4.78 is 0. The molecular formula is C10H10ClN4O2. The first kappa shape index (κ1) is 11.5. The average Bonchev–Trinajstić information content (AvgIpc) is 2.28. The maximum Gasteiger partial charge on any atom is 0.360 e. The molecule has 6 nitrogen and oxygen atoms in total. The molecule has 0 fully saturated rings. The van der Waals surface area contributed by atoms with Gasteiger partial charge in [-0.2, -0.15) is 0 Å². The molecule has 1 heterocycles. The van der Waals surface area contributed by atoms with Crippen LogP contribution in [0.15, 0.2) is 23.3 Å². The van der Waals surface area contributed by atoms with Gasteiger partial charge in [-0.1, -0.05) is 11.6 Å². The number of hydrogen-bond donors (Lipinski definition) is 1. The van der Waals surface area contributed by atoms with Gasteiger partial charge in [-0.15, -0.1) is 10.5 Å². The smallest absolute Gasteiger partial charge is 0.360 e. The standard InChI is InChI=1S/C10H10ClN4O2/c1-14-10(17)15(2)13-9(12-14)7-5-6(11)3-4-8(7)16/h3-5,16H,1-2H3. The van der Waals surface area contributed by atoms with Crippen molar-refractivity contribution in [3.05, 3.63) is 28.8 Å². The Kier molecular flexibility index (Phi) is 2.81. The molecule has 0 bridgehead atoms. The molecule has 0 aromatic heterocycles. The maximum atomic E-state index is 11.4. The van der Waals surface area contributed by atoms with Gasteiger partial charge < -0.3 is 5.11 Å². The van der Waals surface area contributed by atoms with Crippen molar-refractivity contribution in [3.8, 4) is 5.75 Å². The molecule has 0 unspecified atom stereocenters. The van der Waals surface area contributed by atoms with Crippen LogP contribution in [0.3, 0.4) is 0 Å². The van der Waals surface area contributed by atoms with Gasteiger partial charge in [0.05, 0.1) is 5.56 Å². The van der Waals surface area contributed by atoms with Crippen LogP contribution in [0.2, 0.25) is 5.02 Å². The number of hydrogen-bond acceptors (Lipinski definition) is 3. The van der Waals surface area contributed by atoms with E-state index >= 15 is 0 Å². The number of rotatable bonds is 1. The van der Waals surface area contributed by atoms with Gasteiger partial charge in [0.1, 0.15) is 5.75 Å². The Morgan fingerprint density at radius 1 is 1.29 bits per heavy atom. The van der Waals surface area contributed by atoms with Crippen LogP contribution < -0.4 is 5.43 Å². The Balaban J connectivity index is 2.44. The number of hydrazone groups is 1. The van der Waals surface area contributed by atoms with Crippen LogP contribution in [0.1, 0.15) is 5.56 Å². The molecule has 1 N–H and O–H groups in total. The van der Waals surface area contributed by atoms with Crippen molar-refractivity contribution in [2.75, 3.05) is 14.1 Å². The van der Waals surface area contributed by atoms with Crippen molar-refractivity contribution in [2.45, 2.75) is 0 Å². The van der Waals surface area contributed by atoms with Crippen molar-refractivity contribution in [2.24, 2.45) is 5.10 Å². The summed E-state index contributed by atoms with van der Waals surface area (Å²) >= 11 is 5.84. The maximum absolute atomic E-state index is 11.4. The summed E-state index contributed by atoms with van der Waals surface area (Å²) in [6.45, 7) is 0. The average molecular weight is 254 g/mol. The largest absolute Gasteiger partial charge is 0.507 e. The fourth-order valence-electron chi connectivity index (χ4n) is 1.39. The highest BCUT2D eigenvalue weighted by atomic mass is 35.5. The predicted molar refractivity (Wildman–Crippen MR) is 62.7 cm³/mol. The number of urea groups is 1. The van der Waals surface area contributed by atoms with E-state index in [9.17, 15) is 9.90 Å². The van der Waals surface area contributed by atoms with Crippen molar-refractivity contribution in [1.82, 2.24) is 15.4 Å². The molecule has 2 rings (SSSR count). The van der Waals surface area contributed by atoms with E-state index in [2.05, 4.69) is 10.5 Å². The first-order valence-electron chi connectivity index (χ1n) is 4.79. The van der Waals surface area contributed by atoms with Gasteiger partial charge in [0.2, 0.25) is 5.84 Å². The number of aromatic hydroxyl groups is 1. The number of carbonyl (C=O) groups excluding carboxylic acids is 1. The van der Waals surface area contributed by atoms with Crippen LogP contribution in [0, 0.1) is 0 Å². The molecule has 89 valence electrons. The van der Waals surface area contributed by atoms with Gasteiger partial charge in [0.15, 0.2) is 0 Å². The predicted octanol–water partition coefficient (Wildman–Crippen LogP) is 1.22. The zero-order valence-electron chi connectivity index (χ0n) is 9.25. The highest BCUT2D eigenvalue weighted by molar-refractivity contribution is 6.31. The van der Waals surface area contributed by atoms with E-state index in [0.717, 1.165) is 10.0 Å². The van der Waals surface area contributed by atoms with Crippen LogP contribution in [-0.2, 0) is 0 Å². The van der Waals surface area contributed by atoms with E-state index in [1.807, 2.05) is 0 Å². The Hall–Kier alpha value is -1.95. The Morgan fingerprint density at radius 3 is 2.65 bits per heavy atom. The number of amides is 2. The normalized spacial score (nSPS) is 15.7. The van der Waals surface area contributed by atoms with Gasteiger partial charge in [0.25, 0.3) is 0 Å². The number of benzene rings is 1.